The summed E-state index contributed by atoms with van der Waals surface area (Å²) < 4.78 is 7.39. The predicted molar refractivity (Wildman–Crippen MR) is 78.9 cm³/mol. The minimum Gasteiger partial charge on any atom is -0.378 e. The number of rotatable bonds is 6. The van der Waals surface area contributed by atoms with Gasteiger partial charge in [0.05, 0.1) is 24.0 Å². The van der Waals surface area contributed by atoms with Gasteiger partial charge in [0.1, 0.15) is 0 Å². The number of carbonyl (C=O) groups excluding carboxylic acids is 1. The van der Waals surface area contributed by atoms with E-state index in [1.807, 2.05) is 42.0 Å². The standard InChI is InChI=1S/C16H19N3O2/c1-2-21-15-9-13(15)16(20)18-10-12-5-3-4-6-14(12)19-8-7-17-11-19/h3-8,11,13,15H,2,9-10H2,1H3,(H,18,20). The number of hydrogen-bond donors (Lipinski definition) is 1. The highest BCUT2D eigenvalue weighted by Crippen LogP contribution is 2.33. The Kier molecular flexibility index (Phi) is 4.01. The molecular formula is C16H19N3O2. The predicted octanol–water partition coefficient (Wildman–Crippen LogP) is 1.91. The Labute approximate surface area is 124 Å². The van der Waals surface area contributed by atoms with Crippen LogP contribution in [0.25, 0.3) is 5.69 Å². The Hall–Kier alpha value is -2.14. The first-order valence-electron chi connectivity index (χ1n) is 7.25. The van der Waals surface area contributed by atoms with E-state index in [0.29, 0.717) is 13.2 Å². The quantitative estimate of drug-likeness (QED) is 0.882. The van der Waals surface area contributed by atoms with Crippen LogP contribution in [-0.4, -0.2) is 28.2 Å². The fourth-order valence-corrected chi connectivity index (χ4v) is 2.47. The highest BCUT2D eigenvalue weighted by Gasteiger charge is 2.43. The number of imidazole rings is 1. The molecule has 2 atom stereocenters. The lowest BCUT2D eigenvalue weighted by molar-refractivity contribution is -0.123. The zero-order valence-electron chi connectivity index (χ0n) is 12.0. The van der Waals surface area contributed by atoms with Crippen LogP contribution in [0.1, 0.15) is 18.9 Å². The first-order valence-corrected chi connectivity index (χ1v) is 7.25. The number of hydrogen-bond acceptors (Lipinski definition) is 3. The average Bonchev–Trinajstić information content (AvgIpc) is 3.07. The highest BCUT2D eigenvalue weighted by molar-refractivity contribution is 5.82. The number of benzene rings is 1. The molecule has 1 amide bonds. The second-order valence-corrected chi connectivity index (χ2v) is 5.15. The maximum Gasteiger partial charge on any atom is 0.226 e. The van der Waals surface area contributed by atoms with Gasteiger partial charge in [-0.25, -0.2) is 4.98 Å². The van der Waals surface area contributed by atoms with E-state index in [9.17, 15) is 4.79 Å². The number of carbonyl (C=O) groups is 1. The molecule has 1 aliphatic rings. The molecule has 1 aliphatic carbocycles. The van der Waals surface area contributed by atoms with Crippen LogP contribution in [0.2, 0.25) is 0 Å². The van der Waals surface area contributed by atoms with Crippen LogP contribution in [0.5, 0.6) is 0 Å². The summed E-state index contributed by atoms with van der Waals surface area (Å²) in [5.74, 6) is 0.0965. The van der Waals surface area contributed by atoms with Crippen molar-refractivity contribution in [3.63, 3.8) is 0 Å². The molecular weight excluding hydrogens is 266 g/mol. The molecule has 3 rings (SSSR count). The number of aromatic nitrogens is 2. The van der Waals surface area contributed by atoms with Gasteiger partial charge in [0.15, 0.2) is 0 Å². The van der Waals surface area contributed by atoms with E-state index in [4.69, 9.17) is 4.74 Å². The van der Waals surface area contributed by atoms with E-state index in [1.165, 1.54) is 0 Å². The zero-order chi connectivity index (χ0) is 14.7. The van der Waals surface area contributed by atoms with Crippen molar-refractivity contribution in [2.45, 2.75) is 26.0 Å². The smallest absolute Gasteiger partial charge is 0.226 e. The summed E-state index contributed by atoms with van der Waals surface area (Å²) in [5.41, 5.74) is 2.10. The number of nitrogens with one attached hydrogen (secondary N) is 1. The molecule has 5 heteroatoms. The molecule has 0 bridgehead atoms. The second kappa shape index (κ2) is 6.10. The molecule has 2 unspecified atom stereocenters. The van der Waals surface area contributed by atoms with Gasteiger partial charge in [-0.05, 0) is 25.0 Å². The largest absolute Gasteiger partial charge is 0.378 e. The molecule has 1 N–H and O–H groups in total. The van der Waals surface area contributed by atoms with Crippen molar-refractivity contribution >= 4 is 5.91 Å². The molecule has 2 aromatic rings. The SMILES string of the molecule is CCOC1CC1C(=O)NCc1ccccc1-n1ccnc1. The third kappa shape index (κ3) is 3.13. The molecule has 1 saturated carbocycles. The monoisotopic (exact) mass is 285 g/mol. The fraction of sp³-hybridized carbons (Fsp3) is 0.375. The zero-order valence-corrected chi connectivity index (χ0v) is 12.0. The number of para-hydroxylation sites is 1. The lowest BCUT2D eigenvalue weighted by atomic mass is 10.1. The molecule has 0 saturated heterocycles. The van der Waals surface area contributed by atoms with Gasteiger partial charge in [-0.2, -0.15) is 0 Å². The van der Waals surface area contributed by atoms with Crippen LogP contribution in [0.15, 0.2) is 43.0 Å². The van der Waals surface area contributed by atoms with Crippen molar-refractivity contribution in [1.82, 2.24) is 14.9 Å². The maximum absolute atomic E-state index is 12.1. The summed E-state index contributed by atoms with van der Waals surface area (Å²) in [4.78, 5) is 16.1. The van der Waals surface area contributed by atoms with Crippen molar-refractivity contribution in [3.8, 4) is 5.69 Å². The Morgan fingerprint density at radius 1 is 1.48 bits per heavy atom. The first-order chi connectivity index (χ1) is 10.3. The van der Waals surface area contributed by atoms with Crippen LogP contribution < -0.4 is 5.32 Å². The second-order valence-electron chi connectivity index (χ2n) is 5.15. The minimum absolute atomic E-state index is 0.0188. The third-order valence-electron chi connectivity index (χ3n) is 3.68. The topological polar surface area (TPSA) is 56.1 Å². The molecule has 0 aliphatic heterocycles. The van der Waals surface area contributed by atoms with Gasteiger partial charge in [0.2, 0.25) is 5.91 Å². The van der Waals surface area contributed by atoms with E-state index < -0.39 is 0 Å². The molecule has 1 aromatic carbocycles. The van der Waals surface area contributed by atoms with Crippen LogP contribution in [-0.2, 0) is 16.1 Å². The lowest BCUT2D eigenvalue weighted by Gasteiger charge is -2.11. The summed E-state index contributed by atoms with van der Waals surface area (Å²) in [6.07, 6.45) is 6.34. The van der Waals surface area contributed by atoms with E-state index in [2.05, 4.69) is 10.3 Å². The van der Waals surface area contributed by atoms with Crippen molar-refractivity contribution in [2.24, 2.45) is 5.92 Å². The number of amides is 1. The Morgan fingerprint density at radius 3 is 3.10 bits per heavy atom. The van der Waals surface area contributed by atoms with Crippen molar-refractivity contribution < 1.29 is 9.53 Å². The fourth-order valence-electron chi connectivity index (χ4n) is 2.47. The van der Waals surface area contributed by atoms with Gasteiger partial charge in [0.25, 0.3) is 0 Å². The van der Waals surface area contributed by atoms with Crippen molar-refractivity contribution in [3.05, 3.63) is 48.5 Å². The van der Waals surface area contributed by atoms with E-state index in [0.717, 1.165) is 17.7 Å². The highest BCUT2D eigenvalue weighted by atomic mass is 16.5. The van der Waals surface area contributed by atoms with E-state index in [-0.39, 0.29) is 17.9 Å². The lowest BCUT2D eigenvalue weighted by Crippen LogP contribution is -2.26. The number of nitrogens with zero attached hydrogens (tertiary/aromatic N) is 2. The molecule has 110 valence electrons. The van der Waals surface area contributed by atoms with Gasteiger partial charge >= 0.3 is 0 Å². The van der Waals surface area contributed by atoms with Gasteiger partial charge < -0.3 is 14.6 Å². The first kappa shape index (κ1) is 13.8. The molecule has 21 heavy (non-hydrogen) atoms. The van der Waals surface area contributed by atoms with E-state index >= 15 is 0 Å². The summed E-state index contributed by atoms with van der Waals surface area (Å²) >= 11 is 0. The van der Waals surface area contributed by atoms with Gasteiger partial charge in [-0.3, -0.25) is 4.79 Å². The van der Waals surface area contributed by atoms with Crippen LogP contribution >= 0.6 is 0 Å². The summed E-state index contributed by atoms with van der Waals surface area (Å²) in [6.45, 7) is 3.13. The summed E-state index contributed by atoms with van der Waals surface area (Å²) in [5, 5.41) is 3.00. The Morgan fingerprint density at radius 2 is 2.33 bits per heavy atom. The summed E-state index contributed by atoms with van der Waals surface area (Å²) in [6, 6.07) is 7.99. The van der Waals surface area contributed by atoms with Gasteiger partial charge in [-0.1, -0.05) is 18.2 Å². The normalized spacial score (nSPS) is 20.2. The average molecular weight is 285 g/mol. The molecule has 5 nitrogen and oxygen atoms in total. The molecule has 0 spiro atoms. The van der Waals surface area contributed by atoms with Crippen molar-refractivity contribution in [2.75, 3.05) is 6.61 Å². The van der Waals surface area contributed by atoms with Crippen LogP contribution in [0, 0.1) is 5.92 Å². The minimum atomic E-state index is 0.0188. The van der Waals surface area contributed by atoms with Gasteiger partial charge in [0, 0.05) is 25.5 Å². The molecule has 1 heterocycles. The Balaban J connectivity index is 1.63. The molecule has 1 fully saturated rings. The number of ether oxygens (including phenoxy) is 1. The Bertz CT molecular complexity index is 610. The van der Waals surface area contributed by atoms with Crippen molar-refractivity contribution in [1.29, 1.82) is 0 Å². The van der Waals surface area contributed by atoms with Crippen LogP contribution in [0.4, 0.5) is 0 Å². The molecule has 0 radical (unpaired) electrons. The van der Waals surface area contributed by atoms with Gasteiger partial charge in [-0.15, -0.1) is 0 Å². The van der Waals surface area contributed by atoms with Crippen LogP contribution in [0.3, 0.4) is 0 Å². The summed E-state index contributed by atoms with van der Waals surface area (Å²) in [7, 11) is 0. The maximum atomic E-state index is 12.1. The van der Waals surface area contributed by atoms with E-state index in [1.54, 1.807) is 12.5 Å². The molecule has 1 aromatic heterocycles. The third-order valence-corrected chi connectivity index (χ3v) is 3.68.